The second-order valence-electron chi connectivity index (χ2n) is 4.13. The summed E-state index contributed by atoms with van der Waals surface area (Å²) < 4.78 is 4.86. The van der Waals surface area contributed by atoms with Crippen LogP contribution >= 0.6 is 0 Å². The fraction of sp³-hybridized carbons (Fsp3) is 0.312. The van der Waals surface area contributed by atoms with Crippen LogP contribution in [0.15, 0.2) is 49.1 Å². The molecule has 0 fully saturated rings. The number of ether oxygens (including phenoxy) is 1. The highest BCUT2D eigenvalue weighted by molar-refractivity contribution is 5.71. The molecule has 0 radical (unpaired) electrons. The van der Waals surface area contributed by atoms with Crippen LogP contribution in [0.3, 0.4) is 0 Å². The van der Waals surface area contributed by atoms with E-state index in [0.29, 0.717) is 6.61 Å². The van der Waals surface area contributed by atoms with Gasteiger partial charge in [0.1, 0.15) is 0 Å². The smallest absolute Gasteiger partial charge is 0.302 e. The van der Waals surface area contributed by atoms with E-state index in [1.54, 1.807) is 0 Å². The summed E-state index contributed by atoms with van der Waals surface area (Å²) in [5.74, 6) is -0.206. The van der Waals surface area contributed by atoms with E-state index in [1.165, 1.54) is 6.92 Å². The Morgan fingerprint density at radius 1 is 1.28 bits per heavy atom. The number of allylic oxidation sites excluding steroid dienone is 3. The number of hydrogen-bond donors (Lipinski definition) is 0. The fourth-order valence-electron chi connectivity index (χ4n) is 1.55. The summed E-state index contributed by atoms with van der Waals surface area (Å²) in [5, 5.41) is 0. The summed E-state index contributed by atoms with van der Waals surface area (Å²) in [6.45, 7) is 5.98. The normalized spacial score (nSPS) is 10.5. The van der Waals surface area contributed by atoms with Gasteiger partial charge in [-0.2, -0.15) is 0 Å². The van der Waals surface area contributed by atoms with E-state index >= 15 is 0 Å². The highest BCUT2D eigenvalue weighted by Gasteiger charge is 1.93. The average Bonchev–Trinajstić information content (AvgIpc) is 2.38. The molecule has 18 heavy (non-hydrogen) atoms. The van der Waals surface area contributed by atoms with Crippen molar-refractivity contribution in [1.82, 2.24) is 0 Å². The van der Waals surface area contributed by atoms with Gasteiger partial charge in [-0.25, -0.2) is 0 Å². The second-order valence-corrected chi connectivity index (χ2v) is 4.13. The third kappa shape index (κ3) is 6.04. The first-order chi connectivity index (χ1) is 8.70. The van der Waals surface area contributed by atoms with E-state index in [1.807, 2.05) is 36.4 Å². The van der Waals surface area contributed by atoms with Gasteiger partial charge in [0, 0.05) is 6.92 Å². The van der Waals surface area contributed by atoms with Gasteiger partial charge in [-0.05, 0) is 30.4 Å². The molecule has 0 bridgehead atoms. The van der Waals surface area contributed by atoms with Gasteiger partial charge >= 0.3 is 5.97 Å². The average molecular weight is 244 g/mol. The van der Waals surface area contributed by atoms with Crippen molar-refractivity contribution in [3.8, 4) is 0 Å². The van der Waals surface area contributed by atoms with Crippen molar-refractivity contribution >= 4 is 11.5 Å². The summed E-state index contributed by atoms with van der Waals surface area (Å²) in [6.07, 6.45) is 7.06. The fourth-order valence-corrected chi connectivity index (χ4v) is 1.55. The van der Waals surface area contributed by atoms with E-state index in [9.17, 15) is 4.79 Å². The molecule has 1 aromatic rings. The molecule has 0 amide bonds. The first kappa shape index (κ1) is 14.2. The van der Waals surface area contributed by atoms with Gasteiger partial charge in [0.2, 0.25) is 0 Å². The van der Waals surface area contributed by atoms with Crippen molar-refractivity contribution in [3.63, 3.8) is 0 Å². The van der Waals surface area contributed by atoms with Crippen LogP contribution in [0.25, 0.3) is 5.57 Å². The largest absolute Gasteiger partial charge is 0.466 e. The molecule has 0 aliphatic rings. The molecule has 2 heteroatoms. The van der Waals surface area contributed by atoms with Crippen LogP contribution < -0.4 is 0 Å². The number of unbranched alkanes of at least 4 members (excludes halogenated alkanes) is 2. The zero-order valence-electron chi connectivity index (χ0n) is 10.9. The molecule has 1 aromatic carbocycles. The van der Waals surface area contributed by atoms with Crippen molar-refractivity contribution in [2.24, 2.45) is 0 Å². The lowest BCUT2D eigenvalue weighted by Crippen LogP contribution is -1.99. The van der Waals surface area contributed by atoms with Crippen LogP contribution in [0.1, 0.15) is 31.7 Å². The van der Waals surface area contributed by atoms with E-state index < -0.39 is 0 Å². The molecule has 0 atom stereocenters. The van der Waals surface area contributed by atoms with Gasteiger partial charge in [0.05, 0.1) is 6.61 Å². The third-order valence-electron chi connectivity index (χ3n) is 2.53. The highest BCUT2D eigenvalue weighted by atomic mass is 16.5. The molecule has 0 aliphatic heterocycles. The lowest BCUT2D eigenvalue weighted by molar-refractivity contribution is -0.141. The van der Waals surface area contributed by atoms with E-state index in [4.69, 9.17) is 4.74 Å². The second kappa shape index (κ2) is 8.29. The van der Waals surface area contributed by atoms with Crippen LogP contribution in [0.4, 0.5) is 0 Å². The molecule has 0 saturated heterocycles. The number of rotatable bonds is 7. The van der Waals surface area contributed by atoms with Crippen LogP contribution in [-0.4, -0.2) is 12.6 Å². The lowest BCUT2D eigenvalue weighted by Gasteiger charge is -2.00. The van der Waals surface area contributed by atoms with Crippen molar-refractivity contribution in [2.75, 3.05) is 6.61 Å². The summed E-state index contributed by atoms with van der Waals surface area (Å²) in [4.78, 5) is 10.5. The van der Waals surface area contributed by atoms with E-state index in [0.717, 1.165) is 30.4 Å². The number of hydrogen-bond acceptors (Lipinski definition) is 2. The molecule has 96 valence electrons. The predicted octanol–water partition coefficient (Wildman–Crippen LogP) is 3.99. The van der Waals surface area contributed by atoms with Gasteiger partial charge in [-0.15, -0.1) is 0 Å². The van der Waals surface area contributed by atoms with Crippen LogP contribution in [0.5, 0.6) is 0 Å². The monoisotopic (exact) mass is 244 g/mol. The van der Waals surface area contributed by atoms with E-state index in [2.05, 4.69) is 12.7 Å². The topological polar surface area (TPSA) is 26.3 Å². The Morgan fingerprint density at radius 2 is 2.00 bits per heavy atom. The van der Waals surface area contributed by atoms with Crippen molar-refractivity contribution in [3.05, 3.63) is 54.6 Å². The maximum absolute atomic E-state index is 10.5. The molecule has 0 heterocycles. The Kier molecular flexibility index (Phi) is 6.55. The zero-order valence-corrected chi connectivity index (χ0v) is 10.9. The minimum absolute atomic E-state index is 0.206. The number of carbonyl (C=O) groups is 1. The summed E-state index contributed by atoms with van der Waals surface area (Å²) in [5.41, 5.74) is 2.17. The Morgan fingerprint density at radius 3 is 2.67 bits per heavy atom. The van der Waals surface area contributed by atoms with Gasteiger partial charge in [0.15, 0.2) is 0 Å². The first-order valence-corrected chi connectivity index (χ1v) is 6.24. The predicted molar refractivity (Wildman–Crippen MR) is 75.1 cm³/mol. The van der Waals surface area contributed by atoms with Gasteiger partial charge in [-0.3, -0.25) is 4.79 Å². The minimum Gasteiger partial charge on any atom is -0.466 e. The zero-order chi connectivity index (χ0) is 13.2. The number of benzene rings is 1. The third-order valence-corrected chi connectivity index (χ3v) is 2.53. The molecular weight excluding hydrogens is 224 g/mol. The van der Waals surface area contributed by atoms with Crippen LogP contribution in [-0.2, 0) is 9.53 Å². The lowest BCUT2D eigenvalue weighted by atomic mass is 10.1. The van der Waals surface area contributed by atoms with Gasteiger partial charge in [-0.1, -0.05) is 49.1 Å². The summed E-state index contributed by atoms with van der Waals surface area (Å²) in [6, 6.07) is 10.1. The molecule has 0 aliphatic carbocycles. The summed E-state index contributed by atoms with van der Waals surface area (Å²) >= 11 is 0. The quantitative estimate of drug-likeness (QED) is 0.412. The van der Waals surface area contributed by atoms with Crippen molar-refractivity contribution in [2.45, 2.75) is 26.2 Å². The molecule has 0 spiro atoms. The Hall–Kier alpha value is -1.83. The molecule has 0 aromatic heterocycles. The SMILES string of the molecule is C=C(/C=C/CCCCOC(C)=O)c1ccccc1. The van der Waals surface area contributed by atoms with Gasteiger partial charge < -0.3 is 4.74 Å². The standard InChI is InChI=1S/C16H20O2/c1-14(16-11-7-5-8-12-16)10-6-3-4-9-13-18-15(2)17/h5-8,10-12H,1,3-4,9,13H2,2H3/b10-6+. The Bertz CT molecular complexity index is 404. The van der Waals surface area contributed by atoms with Crippen LogP contribution in [0.2, 0.25) is 0 Å². The Balaban J connectivity index is 2.17. The number of esters is 1. The first-order valence-electron chi connectivity index (χ1n) is 6.24. The highest BCUT2D eigenvalue weighted by Crippen LogP contribution is 2.13. The molecule has 2 nitrogen and oxygen atoms in total. The molecule has 0 N–H and O–H groups in total. The molecule has 1 rings (SSSR count). The van der Waals surface area contributed by atoms with Gasteiger partial charge in [0.25, 0.3) is 0 Å². The maximum Gasteiger partial charge on any atom is 0.302 e. The minimum atomic E-state index is -0.206. The molecule has 0 unspecified atom stereocenters. The van der Waals surface area contributed by atoms with Crippen molar-refractivity contribution in [1.29, 1.82) is 0 Å². The maximum atomic E-state index is 10.5. The summed E-state index contributed by atoms with van der Waals surface area (Å²) in [7, 11) is 0. The Labute approximate surface area is 109 Å². The number of carbonyl (C=O) groups excluding carboxylic acids is 1. The van der Waals surface area contributed by atoms with Crippen molar-refractivity contribution < 1.29 is 9.53 Å². The molecular formula is C16H20O2. The van der Waals surface area contributed by atoms with E-state index in [-0.39, 0.29) is 5.97 Å². The molecule has 0 saturated carbocycles. The van der Waals surface area contributed by atoms with Crippen LogP contribution in [0, 0.1) is 0 Å².